The highest BCUT2D eigenvalue weighted by Gasteiger charge is 2.50. The molecule has 2 fully saturated rings. The van der Waals surface area contributed by atoms with Crippen molar-refractivity contribution in [3.05, 3.63) is 47.8 Å². The average Bonchev–Trinajstić information content (AvgIpc) is 3.24. The maximum Gasteiger partial charge on any atom is 0.242 e. The molecule has 1 aromatic heterocycles. The van der Waals surface area contributed by atoms with Crippen LogP contribution in [0.1, 0.15) is 37.9 Å². The van der Waals surface area contributed by atoms with Gasteiger partial charge in [0.1, 0.15) is 22.9 Å². The van der Waals surface area contributed by atoms with Crippen LogP contribution in [-0.2, 0) is 4.79 Å². The Kier molecular flexibility index (Phi) is 4.79. The van der Waals surface area contributed by atoms with Crippen LogP contribution in [0.4, 0.5) is 8.78 Å². The van der Waals surface area contributed by atoms with E-state index in [0.717, 1.165) is 25.6 Å². The van der Waals surface area contributed by atoms with Gasteiger partial charge >= 0.3 is 0 Å². The van der Waals surface area contributed by atoms with Crippen LogP contribution in [0.15, 0.2) is 30.5 Å². The molecule has 148 valence electrons. The number of nitrogens with zero attached hydrogens (tertiary/aromatic N) is 2. The molecule has 5 nitrogen and oxygen atoms in total. The number of carbonyl (C=O) groups is 1. The standard InChI is InChI=1S/C21H23F2N3O2/c1-3-28-13-4-5-16(22)14(10-13)15-11-19(24-12-17(15)23)18-6-7-21(25-18)8-9-26(2)20(21)27/h4-5,10-12,18,25H,3,6-9H2,1-2H3/t18-,21+/m0/s1. The summed E-state index contributed by atoms with van der Waals surface area (Å²) in [5.41, 5.74) is 0.325. The number of halogens is 2. The van der Waals surface area contributed by atoms with Crippen molar-refractivity contribution >= 4 is 5.91 Å². The number of amides is 1. The Balaban J connectivity index is 1.66. The van der Waals surface area contributed by atoms with E-state index in [2.05, 4.69) is 10.3 Å². The molecule has 1 spiro atoms. The van der Waals surface area contributed by atoms with E-state index in [1.807, 2.05) is 6.92 Å². The molecule has 2 saturated heterocycles. The van der Waals surface area contributed by atoms with Crippen LogP contribution in [0.2, 0.25) is 0 Å². The van der Waals surface area contributed by atoms with Crippen molar-refractivity contribution in [1.29, 1.82) is 0 Å². The largest absolute Gasteiger partial charge is 0.494 e. The molecule has 0 bridgehead atoms. The van der Waals surface area contributed by atoms with E-state index < -0.39 is 17.2 Å². The van der Waals surface area contributed by atoms with Crippen molar-refractivity contribution in [1.82, 2.24) is 15.2 Å². The topological polar surface area (TPSA) is 54.5 Å². The van der Waals surface area contributed by atoms with E-state index in [9.17, 15) is 13.6 Å². The summed E-state index contributed by atoms with van der Waals surface area (Å²) in [6, 6.07) is 5.69. The third-order valence-electron chi connectivity index (χ3n) is 5.71. The quantitative estimate of drug-likeness (QED) is 0.873. The van der Waals surface area contributed by atoms with E-state index >= 15 is 0 Å². The van der Waals surface area contributed by atoms with E-state index in [4.69, 9.17) is 4.74 Å². The van der Waals surface area contributed by atoms with Crippen molar-refractivity contribution in [2.45, 2.75) is 37.8 Å². The number of hydrogen-bond donors (Lipinski definition) is 1. The molecular formula is C21H23F2N3O2. The second kappa shape index (κ2) is 7.13. The number of ether oxygens (including phenoxy) is 1. The van der Waals surface area contributed by atoms with Crippen molar-refractivity contribution in [3.8, 4) is 16.9 Å². The molecule has 28 heavy (non-hydrogen) atoms. The minimum Gasteiger partial charge on any atom is -0.494 e. The van der Waals surface area contributed by atoms with Crippen LogP contribution in [0, 0.1) is 11.6 Å². The monoisotopic (exact) mass is 387 g/mol. The van der Waals surface area contributed by atoms with Crippen molar-refractivity contribution in [2.75, 3.05) is 20.2 Å². The normalized spacial score (nSPS) is 24.4. The molecule has 2 aromatic rings. The van der Waals surface area contributed by atoms with Gasteiger partial charge in [-0.1, -0.05) is 0 Å². The van der Waals surface area contributed by atoms with Crippen LogP contribution in [0.5, 0.6) is 5.75 Å². The number of likely N-dealkylation sites (N-methyl/N-ethyl adjacent to an activating group) is 1. The molecule has 2 aliphatic heterocycles. The second-order valence-electron chi connectivity index (χ2n) is 7.46. The lowest BCUT2D eigenvalue weighted by atomic mass is 9.96. The molecule has 0 radical (unpaired) electrons. The third-order valence-corrected chi connectivity index (χ3v) is 5.71. The van der Waals surface area contributed by atoms with Crippen LogP contribution in [-0.4, -0.2) is 41.5 Å². The van der Waals surface area contributed by atoms with Crippen molar-refractivity contribution in [3.63, 3.8) is 0 Å². The van der Waals surface area contributed by atoms with Crippen molar-refractivity contribution < 1.29 is 18.3 Å². The molecule has 1 aromatic carbocycles. The van der Waals surface area contributed by atoms with Gasteiger partial charge in [-0.3, -0.25) is 15.1 Å². The van der Waals surface area contributed by atoms with Gasteiger partial charge < -0.3 is 9.64 Å². The van der Waals surface area contributed by atoms with Gasteiger partial charge in [-0.05, 0) is 50.5 Å². The summed E-state index contributed by atoms with van der Waals surface area (Å²) in [5, 5.41) is 3.41. The SMILES string of the molecule is CCOc1ccc(F)c(-c2cc([C@@H]3CC[C@]4(CCN(C)C4=O)N3)ncc2F)c1. The number of benzene rings is 1. The lowest BCUT2D eigenvalue weighted by molar-refractivity contribution is -0.131. The van der Waals surface area contributed by atoms with Gasteiger partial charge in [0.25, 0.3) is 0 Å². The highest BCUT2D eigenvalue weighted by atomic mass is 19.1. The minimum atomic E-state index is -0.597. The summed E-state index contributed by atoms with van der Waals surface area (Å²) >= 11 is 0. The Morgan fingerprint density at radius 2 is 2.04 bits per heavy atom. The minimum absolute atomic E-state index is 0.0906. The number of aromatic nitrogens is 1. The molecule has 1 amide bonds. The second-order valence-corrected chi connectivity index (χ2v) is 7.46. The summed E-state index contributed by atoms with van der Waals surface area (Å²) < 4.78 is 34.3. The first kappa shape index (κ1) is 18.8. The number of rotatable bonds is 4. The van der Waals surface area contributed by atoms with Crippen LogP contribution in [0.3, 0.4) is 0 Å². The number of hydrogen-bond acceptors (Lipinski definition) is 4. The molecule has 2 atom stereocenters. The number of pyridine rings is 1. The summed E-state index contributed by atoms with van der Waals surface area (Å²) in [6.07, 6.45) is 3.30. The molecule has 0 saturated carbocycles. The highest BCUT2D eigenvalue weighted by molar-refractivity contribution is 5.88. The van der Waals surface area contributed by atoms with Gasteiger partial charge in [0.05, 0.1) is 24.5 Å². The smallest absolute Gasteiger partial charge is 0.242 e. The average molecular weight is 387 g/mol. The molecule has 0 aliphatic carbocycles. The fourth-order valence-corrected chi connectivity index (χ4v) is 4.21. The number of carbonyl (C=O) groups excluding carboxylic acids is 1. The maximum atomic E-state index is 14.5. The zero-order valence-corrected chi connectivity index (χ0v) is 16.0. The third kappa shape index (κ3) is 3.13. The van der Waals surface area contributed by atoms with Gasteiger partial charge in [-0.25, -0.2) is 8.78 Å². The molecule has 4 rings (SSSR count). The highest BCUT2D eigenvalue weighted by Crippen LogP contribution is 2.39. The summed E-state index contributed by atoms with van der Waals surface area (Å²) in [5.74, 6) is -0.550. The Morgan fingerprint density at radius 3 is 2.75 bits per heavy atom. The summed E-state index contributed by atoms with van der Waals surface area (Å²) in [4.78, 5) is 18.5. The zero-order valence-electron chi connectivity index (χ0n) is 16.0. The molecule has 1 N–H and O–H groups in total. The van der Waals surface area contributed by atoms with Crippen LogP contribution >= 0.6 is 0 Å². The van der Waals surface area contributed by atoms with Gasteiger partial charge in [0.2, 0.25) is 5.91 Å². The van der Waals surface area contributed by atoms with E-state index in [0.29, 0.717) is 24.5 Å². The fraction of sp³-hybridized carbons (Fsp3) is 0.429. The predicted octanol–water partition coefficient (Wildman–Crippen LogP) is 3.45. The Bertz CT molecular complexity index is 921. The summed E-state index contributed by atoms with van der Waals surface area (Å²) in [6.45, 7) is 2.99. The fourth-order valence-electron chi connectivity index (χ4n) is 4.21. The Hall–Kier alpha value is -2.54. The first-order chi connectivity index (χ1) is 13.4. The number of likely N-dealkylation sites (tertiary alicyclic amines) is 1. The summed E-state index contributed by atoms with van der Waals surface area (Å²) in [7, 11) is 1.80. The van der Waals surface area contributed by atoms with Crippen molar-refractivity contribution in [2.24, 2.45) is 0 Å². The Morgan fingerprint density at radius 1 is 1.25 bits per heavy atom. The van der Waals surface area contributed by atoms with E-state index in [1.54, 1.807) is 18.0 Å². The van der Waals surface area contributed by atoms with Gasteiger partial charge in [0.15, 0.2) is 0 Å². The lowest BCUT2D eigenvalue weighted by Gasteiger charge is -2.23. The molecule has 7 heteroatoms. The Labute approximate surface area is 162 Å². The first-order valence-corrected chi connectivity index (χ1v) is 9.55. The lowest BCUT2D eigenvalue weighted by Crippen LogP contribution is -2.47. The van der Waals surface area contributed by atoms with Crippen LogP contribution < -0.4 is 10.1 Å². The number of nitrogens with one attached hydrogen (secondary N) is 1. The first-order valence-electron chi connectivity index (χ1n) is 9.55. The van der Waals surface area contributed by atoms with Crippen LogP contribution in [0.25, 0.3) is 11.1 Å². The molecule has 3 heterocycles. The zero-order chi connectivity index (χ0) is 19.9. The van der Waals surface area contributed by atoms with Gasteiger partial charge in [-0.2, -0.15) is 0 Å². The predicted molar refractivity (Wildman–Crippen MR) is 101 cm³/mol. The molecule has 2 aliphatic rings. The molecule has 0 unspecified atom stereocenters. The van der Waals surface area contributed by atoms with E-state index in [-0.39, 0.29) is 23.1 Å². The maximum absolute atomic E-state index is 14.5. The van der Waals surface area contributed by atoms with Gasteiger partial charge in [-0.15, -0.1) is 0 Å². The van der Waals surface area contributed by atoms with Gasteiger partial charge in [0, 0.05) is 24.7 Å². The molecular weight excluding hydrogens is 364 g/mol. The van der Waals surface area contributed by atoms with E-state index in [1.165, 1.54) is 18.2 Å².